The Kier molecular flexibility index (Phi) is 3.74. The lowest BCUT2D eigenvalue weighted by atomic mass is 10.1. The molecule has 0 saturated heterocycles. The van der Waals surface area contributed by atoms with Crippen LogP contribution in [0.2, 0.25) is 0 Å². The van der Waals surface area contributed by atoms with E-state index in [1.165, 1.54) is 25.4 Å². The third-order valence-corrected chi connectivity index (χ3v) is 2.42. The Labute approximate surface area is 106 Å². The average Bonchev–Trinajstić information content (AvgIpc) is 2.71. The zero-order chi connectivity index (χ0) is 13.8. The zero-order valence-corrected chi connectivity index (χ0v) is 9.98. The van der Waals surface area contributed by atoms with Crippen LogP contribution in [-0.2, 0) is 0 Å². The van der Waals surface area contributed by atoms with Crippen molar-refractivity contribution in [2.45, 2.75) is 6.61 Å². The van der Waals surface area contributed by atoms with Crippen LogP contribution in [0.15, 0.2) is 34.1 Å². The van der Waals surface area contributed by atoms with Crippen LogP contribution in [0, 0.1) is 0 Å². The standard InChI is InChI=1S/C12H11F2N3O2/c1-15-6-9-10(16-17-11(9)18)7-3-2-4-8(5-7)19-12(13)14/h2-6,12H,1H3,(H2,16,17,18). The number of nitrogens with one attached hydrogen (secondary N) is 2. The molecule has 2 rings (SSSR count). The summed E-state index contributed by atoms with van der Waals surface area (Å²) in [7, 11) is 1.53. The fraction of sp³-hybridized carbons (Fsp3) is 0.167. The Morgan fingerprint density at radius 3 is 2.84 bits per heavy atom. The third kappa shape index (κ3) is 2.87. The van der Waals surface area contributed by atoms with Gasteiger partial charge in [-0.25, -0.2) is 0 Å². The fourth-order valence-corrected chi connectivity index (χ4v) is 1.68. The number of alkyl halides is 2. The molecule has 7 heteroatoms. The summed E-state index contributed by atoms with van der Waals surface area (Å²) in [6.45, 7) is -2.89. The first-order chi connectivity index (χ1) is 9.11. The molecular formula is C12H11F2N3O2. The first-order valence-corrected chi connectivity index (χ1v) is 5.40. The van der Waals surface area contributed by atoms with E-state index in [-0.39, 0.29) is 11.3 Å². The van der Waals surface area contributed by atoms with Crippen LogP contribution >= 0.6 is 0 Å². The number of ether oxygens (including phenoxy) is 1. The van der Waals surface area contributed by atoms with Crippen LogP contribution in [0.5, 0.6) is 5.75 Å². The van der Waals surface area contributed by atoms with E-state index in [1.807, 2.05) is 0 Å². The van der Waals surface area contributed by atoms with Crippen LogP contribution in [0.1, 0.15) is 5.56 Å². The van der Waals surface area contributed by atoms with Gasteiger partial charge in [0.15, 0.2) is 0 Å². The number of benzene rings is 1. The fourth-order valence-electron chi connectivity index (χ4n) is 1.68. The smallest absolute Gasteiger partial charge is 0.387 e. The summed E-state index contributed by atoms with van der Waals surface area (Å²) >= 11 is 0. The lowest BCUT2D eigenvalue weighted by molar-refractivity contribution is -0.0498. The third-order valence-electron chi connectivity index (χ3n) is 2.42. The molecule has 5 nitrogen and oxygen atoms in total. The molecule has 0 atom stereocenters. The quantitative estimate of drug-likeness (QED) is 0.832. The number of rotatable bonds is 4. The summed E-state index contributed by atoms with van der Waals surface area (Å²) in [5.74, 6) is 0.0222. The average molecular weight is 267 g/mol. The highest BCUT2D eigenvalue weighted by Crippen LogP contribution is 2.24. The van der Waals surface area contributed by atoms with Crippen LogP contribution < -0.4 is 10.3 Å². The van der Waals surface area contributed by atoms with E-state index < -0.39 is 6.61 Å². The predicted octanol–water partition coefficient (Wildman–Crippen LogP) is 2.02. The lowest BCUT2D eigenvalue weighted by Gasteiger charge is -2.06. The SMILES string of the molecule is CN=Cc1c(-c2cccc(OC(F)F)c2)[nH][nH]c1=O. The van der Waals surface area contributed by atoms with Gasteiger partial charge in [0, 0.05) is 18.8 Å². The lowest BCUT2D eigenvalue weighted by Crippen LogP contribution is -2.05. The minimum atomic E-state index is -2.89. The molecule has 0 bridgehead atoms. The molecule has 2 aromatic rings. The Bertz CT molecular complexity index is 646. The monoisotopic (exact) mass is 267 g/mol. The van der Waals surface area contributed by atoms with Gasteiger partial charge in [0.2, 0.25) is 0 Å². The molecule has 0 fully saturated rings. The van der Waals surface area contributed by atoms with Crippen molar-refractivity contribution in [3.05, 3.63) is 40.2 Å². The van der Waals surface area contributed by atoms with Gasteiger partial charge >= 0.3 is 6.61 Å². The number of aliphatic imine (C=N–C) groups is 1. The molecule has 100 valence electrons. The number of hydrogen-bond acceptors (Lipinski definition) is 3. The van der Waals surface area contributed by atoms with Crippen molar-refractivity contribution in [2.24, 2.45) is 4.99 Å². The van der Waals surface area contributed by atoms with Crippen LogP contribution in [-0.4, -0.2) is 30.1 Å². The molecule has 1 aromatic carbocycles. The van der Waals surface area contributed by atoms with Crippen molar-refractivity contribution in [1.82, 2.24) is 10.2 Å². The second-order valence-corrected chi connectivity index (χ2v) is 3.66. The Morgan fingerprint density at radius 1 is 1.37 bits per heavy atom. The number of H-pyrrole nitrogens is 2. The van der Waals surface area contributed by atoms with E-state index in [1.54, 1.807) is 12.1 Å². The summed E-state index contributed by atoms with van der Waals surface area (Å²) in [6, 6.07) is 6.06. The number of nitrogens with zero attached hydrogens (tertiary/aromatic N) is 1. The minimum Gasteiger partial charge on any atom is -0.435 e. The van der Waals surface area contributed by atoms with Crippen molar-refractivity contribution in [1.29, 1.82) is 0 Å². The highest BCUT2D eigenvalue weighted by molar-refractivity contribution is 5.88. The number of aromatic nitrogens is 2. The van der Waals surface area contributed by atoms with E-state index in [9.17, 15) is 13.6 Å². The molecule has 0 saturated carbocycles. The van der Waals surface area contributed by atoms with E-state index in [4.69, 9.17) is 0 Å². The van der Waals surface area contributed by atoms with Gasteiger partial charge in [0.05, 0.1) is 11.3 Å². The maximum absolute atomic E-state index is 12.2. The summed E-state index contributed by atoms with van der Waals surface area (Å²) in [5, 5.41) is 5.10. The normalized spacial score (nSPS) is 11.4. The second kappa shape index (κ2) is 5.47. The maximum Gasteiger partial charge on any atom is 0.387 e. The second-order valence-electron chi connectivity index (χ2n) is 3.66. The van der Waals surface area contributed by atoms with Gasteiger partial charge in [-0.2, -0.15) is 8.78 Å². The summed E-state index contributed by atoms with van der Waals surface area (Å²) in [4.78, 5) is 15.3. The van der Waals surface area contributed by atoms with Crippen LogP contribution in [0.4, 0.5) is 8.78 Å². The first kappa shape index (κ1) is 13.0. The highest BCUT2D eigenvalue weighted by atomic mass is 19.3. The predicted molar refractivity (Wildman–Crippen MR) is 67.0 cm³/mol. The molecule has 0 amide bonds. The largest absolute Gasteiger partial charge is 0.435 e. The molecule has 0 unspecified atom stereocenters. The Hall–Kier alpha value is -2.44. The topological polar surface area (TPSA) is 70.2 Å². The van der Waals surface area contributed by atoms with Crippen molar-refractivity contribution in [3.8, 4) is 17.0 Å². The van der Waals surface area contributed by atoms with Gasteiger partial charge in [-0.05, 0) is 12.1 Å². The van der Waals surface area contributed by atoms with Crippen molar-refractivity contribution in [3.63, 3.8) is 0 Å². The van der Waals surface area contributed by atoms with E-state index in [0.717, 1.165) is 0 Å². The van der Waals surface area contributed by atoms with Gasteiger partial charge in [0.25, 0.3) is 5.56 Å². The number of aromatic amines is 2. The van der Waals surface area contributed by atoms with Gasteiger partial charge in [-0.3, -0.25) is 20.0 Å². The number of hydrogen-bond donors (Lipinski definition) is 2. The molecule has 2 N–H and O–H groups in total. The maximum atomic E-state index is 12.2. The molecule has 1 heterocycles. The molecule has 0 aliphatic rings. The zero-order valence-electron chi connectivity index (χ0n) is 9.98. The van der Waals surface area contributed by atoms with Gasteiger partial charge in [0.1, 0.15) is 5.75 Å². The van der Waals surface area contributed by atoms with Gasteiger partial charge in [-0.15, -0.1) is 0 Å². The first-order valence-electron chi connectivity index (χ1n) is 5.40. The molecule has 0 radical (unpaired) electrons. The molecule has 0 aliphatic carbocycles. The van der Waals surface area contributed by atoms with E-state index in [0.29, 0.717) is 16.8 Å². The molecular weight excluding hydrogens is 256 g/mol. The molecule has 19 heavy (non-hydrogen) atoms. The van der Waals surface area contributed by atoms with Crippen molar-refractivity contribution in [2.75, 3.05) is 7.05 Å². The van der Waals surface area contributed by atoms with Crippen LogP contribution in [0.25, 0.3) is 11.3 Å². The Morgan fingerprint density at radius 2 is 2.16 bits per heavy atom. The van der Waals surface area contributed by atoms with Gasteiger partial charge in [-0.1, -0.05) is 12.1 Å². The number of halogens is 2. The van der Waals surface area contributed by atoms with Crippen molar-refractivity contribution >= 4 is 6.21 Å². The molecule has 0 spiro atoms. The van der Waals surface area contributed by atoms with Crippen molar-refractivity contribution < 1.29 is 13.5 Å². The summed E-state index contributed by atoms with van der Waals surface area (Å²) in [5.41, 5.74) is 1.01. The minimum absolute atomic E-state index is 0.0222. The molecule has 1 aromatic heterocycles. The Balaban J connectivity index is 2.44. The van der Waals surface area contributed by atoms with E-state index >= 15 is 0 Å². The van der Waals surface area contributed by atoms with E-state index in [2.05, 4.69) is 19.9 Å². The summed E-state index contributed by atoms with van der Waals surface area (Å²) in [6.07, 6.45) is 1.39. The molecule has 0 aliphatic heterocycles. The highest BCUT2D eigenvalue weighted by Gasteiger charge is 2.11. The summed E-state index contributed by atoms with van der Waals surface area (Å²) < 4.78 is 28.6. The van der Waals surface area contributed by atoms with Gasteiger partial charge < -0.3 is 4.74 Å². The van der Waals surface area contributed by atoms with Crippen LogP contribution in [0.3, 0.4) is 0 Å².